The fraction of sp³-hybridized carbons (Fsp3) is 0.130. The molecule has 11 heteroatoms. The van der Waals surface area contributed by atoms with Gasteiger partial charge in [-0.15, -0.1) is 0 Å². The smallest absolute Gasteiger partial charge is 0.326 e. The van der Waals surface area contributed by atoms with Gasteiger partial charge in [-0.3, -0.25) is 9.48 Å². The van der Waals surface area contributed by atoms with E-state index < -0.39 is 23.5 Å². The number of nitrogens with zero attached hydrogens (tertiary/aromatic N) is 4. The van der Waals surface area contributed by atoms with E-state index in [0.29, 0.717) is 23.6 Å². The van der Waals surface area contributed by atoms with Crippen molar-refractivity contribution in [2.24, 2.45) is 7.05 Å². The molecule has 7 nitrogen and oxygen atoms in total. The number of carbonyl (C=O) groups excluding carboxylic acids is 1. The second kappa shape index (κ2) is 9.30. The maximum absolute atomic E-state index is 13.7. The fourth-order valence-electron chi connectivity index (χ4n) is 3.18. The van der Waals surface area contributed by atoms with Gasteiger partial charge < -0.3 is 10.6 Å². The Morgan fingerprint density at radius 1 is 0.971 bits per heavy atom. The number of rotatable bonds is 6. The zero-order chi connectivity index (χ0) is 24.3. The van der Waals surface area contributed by atoms with Gasteiger partial charge in [-0.2, -0.15) is 18.3 Å². The molecule has 0 bridgehead atoms. The van der Waals surface area contributed by atoms with Gasteiger partial charge in [0.25, 0.3) is 0 Å². The van der Waals surface area contributed by atoms with Crippen LogP contribution in [0.5, 0.6) is 0 Å². The van der Waals surface area contributed by atoms with Gasteiger partial charge in [0.2, 0.25) is 11.9 Å². The van der Waals surface area contributed by atoms with Gasteiger partial charge in [0.1, 0.15) is 5.82 Å². The molecule has 0 fully saturated rings. The number of amides is 1. The van der Waals surface area contributed by atoms with Crippen molar-refractivity contribution >= 4 is 23.2 Å². The van der Waals surface area contributed by atoms with Crippen LogP contribution in [0, 0.1) is 5.82 Å². The summed E-state index contributed by atoms with van der Waals surface area (Å²) < 4.78 is 53.3. The number of halogens is 4. The molecule has 2 N–H and O–H groups in total. The number of hydrogen-bond donors (Lipinski definition) is 2. The Morgan fingerprint density at radius 3 is 2.26 bits per heavy atom. The van der Waals surface area contributed by atoms with E-state index in [2.05, 4.69) is 25.7 Å². The van der Waals surface area contributed by atoms with Crippen LogP contribution in [0.15, 0.2) is 67.3 Å². The normalized spacial score (nSPS) is 11.3. The maximum atomic E-state index is 13.7. The van der Waals surface area contributed by atoms with E-state index in [0.717, 1.165) is 22.9 Å². The zero-order valence-electron chi connectivity index (χ0n) is 17.8. The predicted molar refractivity (Wildman–Crippen MR) is 118 cm³/mol. The summed E-state index contributed by atoms with van der Waals surface area (Å²) in [6.07, 6.45) is 1.93. The van der Waals surface area contributed by atoms with Crippen LogP contribution in [0.1, 0.15) is 11.1 Å². The van der Waals surface area contributed by atoms with E-state index in [4.69, 9.17) is 0 Å². The Kier molecular flexibility index (Phi) is 6.26. The van der Waals surface area contributed by atoms with E-state index >= 15 is 0 Å². The monoisotopic (exact) mass is 470 g/mol. The molecule has 0 atom stereocenters. The summed E-state index contributed by atoms with van der Waals surface area (Å²) in [5.74, 6) is -1.51. The molecule has 0 radical (unpaired) electrons. The third-order valence-electron chi connectivity index (χ3n) is 4.82. The van der Waals surface area contributed by atoms with Gasteiger partial charge in [-0.1, -0.05) is 24.3 Å². The van der Waals surface area contributed by atoms with E-state index in [1.54, 1.807) is 60.8 Å². The van der Waals surface area contributed by atoms with Crippen molar-refractivity contribution in [1.29, 1.82) is 0 Å². The molecule has 2 aromatic heterocycles. The summed E-state index contributed by atoms with van der Waals surface area (Å²) in [5.41, 5.74) is 1.60. The van der Waals surface area contributed by atoms with Crippen molar-refractivity contribution in [2.75, 3.05) is 10.6 Å². The molecular formula is C23H18F4N6O. The van der Waals surface area contributed by atoms with E-state index in [9.17, 15) is 22.4 Å². The van der Waals surface area contributed by atoms with E-state index in [1.807, 2.05) is 0 Å². The first kappa shape index (κ1) is 22.9. The average Bonchev–Trinajstić information content (AvgIpc) is 3.18. The molecule has 2 aromatic carbocycles. The number of hydrogen-bond acceptors (Lipinski definition) is 5. The summed E-state index contributed by atoms with van der Waals surface area (Å²) in [4.78, 5) is 20.8. The van der Waals surface area contributed by atoms with E-state index in [-0.39, 0.29) is 12.1 Å². The second-order valence-electron chi connectivity index (χ2n) is 7.44. The number of aryl methyl sites for hydroxylation is 1. The summed E-state index contributed by atoms with van der Waals surface area (Å²) in [7, 11) is 1.80. The molecule has 0 saturated carbocycles. The standard InChI is InChI=1S/C23H18F4N6O/c1-33-13-18(12-30-33)32-22-28-10-16(11-29-22)15-4-2-14(3-5-15)8-21(34)31-17-6-7-19(20(24)9-17)23(25,26)27/h2-7,9-13H,8H2,1H3,(H,31,34)(H,28,29,32). The minimum atomic E-state index is -4.80. The van der Waals surface area contributed by atoms with Crippen LogP contribution in [0.4, 0.5) is 34.9 Å². The van der Waals surface area contributed by atoms with Crippen LogP contribution in [-0.4, -0.2) is 25.7 Å². The van der Waals surface area contributed by atoms with Crippen LogP contribution in [0.25, 0.3) is 11.1 Å². The lowest BCUT2D eigenvalue weighted by Gasteiger charge is -2.10. The average molecular weight is 470 g/mol. The molecule has 2 heterocycles. The molecule has 34 heavy (non-hydrogen) atoms. The highest BCUT2D eigenvalue weighted by Crippen LogP contribution is 2.32. The minimum Gasteiger partial charge on any atom is -0.326 e. The van der Waals surface area contributed by atoms with Crippen LogP contribution >= 0.6 is 0 Å². The highest BCUT2D eigenvalue weighted by atomic mass is 19.4. The summed E-state index contributed by atoms with van der Waals surface area (Å²) >= 11 is 0. The lowest BCUT2D eigenvalue weighted by atomic mass is 10.0. The number of alkyl halides is 3. The van der Waals surface area contributed by atoms with Gasteiger partial charge in [0.15, 0.2) is 0 Å². The molecular weight excluding hydrogens is 452 g/mol. The molecule has 4 aromatic rings. The lowest BCUT2D eigenvalue weighted by molar-refractivity contribution is -0.139. The number of benzene rings is 2. The van der Waals surface area contributed by atoms with E-state index in [1.165, 1.54) is 0 Å². The first-order chi connectivity index (χ1) is 16.2. The maximum Gasteiger partial charge on any atom is 0.419 e. The van der Waals surface area contributed by atoms with Crippen molar-refractivity contribution < 1.29 is 22.4 Å². The molecule has 0 spiro atoms. The number of aromatic nitrogens is 4. The lowest BCUT2D eigenvalue weighted by Crippen LogP contribution is -2.15. The van der Waals surface area contributed by atoms with Crippen LogP contribution in [0.3, 0.4) is 0 Å². The molecule has 1 amide bonds. The zero-order valence-corrected chi connectivity index (χ0v) is 17.8. The molecule has 0 saturated heterocycles. The Hall–Kier alpha value is -4.28. The summed E-state index contributed by atoms with van der Waals surface area (Å²) in [6, 6.07) is 9.34. The van der Waals surface area contributed by atoms with Crippen molar-refractivity contribution in [3.8, 4) is 11.1 Å². The third kappa shape index (κ3) is 5.55. The summed E-state index contributed by atoms with van der Waals surface area (Å²) in [6.45, 7) is 0. The van der Waals surface area contributed by atoms with Gasteiger partial charge in [0.05, 0.1) is 23.9 Å². The minimum absolute atomic E-state index is 0.0343. The molecule has 0 aliphatic rings. The van der Waals surface area contributed by atoms with Gasteiger partial charge >= 0.3 is 6.18 Å². The van der Waals surface area contributed by atoms with Crippen molar-refractivity contribution in [2.45, 2.75) is 12.6 Å². The van der Waals surface area contributed by atoms with Gasteiger partial charge in [-0.25, -0.2) is 14.4 Å². The van der Waals surface area contributed by atoms with Gasteiger partial charge in [0, 0.05) is 36.9 Å². The van der Waals surface area contributed by atoms with Crippen molar-refractivity contribution in [1.82, 2.24) is 19.7 Å². The van der Waals surface area contributed by atoms with Crippen molar-refractivity contribution in [3.05, 3.63) is 84.2 Å². The number of carbonyl (C=O) groups is 1. The quantitative estimate of drug-likeness (QED) is 0.389. The fourth-order valence-corrected chi connectivity index (χ4v) is 3.18. The Morgan fingerprint density at radius 2 is 1.68 bits per heavy atom. The van der Waals surface area contributed by atoms with Crippen LogP contribution < -0.4 is 10.6 Å². The highest BCUT2D eigenvalue weighted by molar-refractivity contribution is 5.92. The molecule has 0 aliphatic carbocycles. The molecule has 4 rings (SSSR count). The third-order valence-corrected chi connectivity index (χ3v) is 4.82. The first-order valence-corrected chi connectivity index (χ1v) is 10.0. The second-order valence-corrected chi connectivity index (χ2v) is 7.44. The largest absolute Gasteiger partial charge is 0.419 e. The first-order valence-electron chi connectivity index (χ1n) is 10.0. The SMILES string of the molecule is Cn1cc(Nc2ncc(-c3ccc(CC(=O)Nc4ccc(C(F)(F)F)c(F)c4)cc3)cn2)cn1. The molecule has 0 unspecified atom stereocenters. The predicted octanol–water partition coefficient (Wildman–Crippen LogP) is 4.96. The topological polar surface area (TPSA) is 84.7 Å². The Balaban J connectivity index is 1.36. The van der Waals surface area contributed by atoms with Crippen LogP contribution in [-0.2, 0) is 24.4 Å². The number of anilines is 3. The Labute approximate surface area is 191 Å². The summed E-state index contributed by atoms with van der Waals surface area (Å²) in [5, 5.41) is 9.50. The van der Waals surface area contributed by atoms with Crippen molar-refractivity contribution in [3.63, 3.8) is 0 Å². The highest BCUT2D eigenvalue weighted by Gasteiger charge is 2.33. The Bertz CT molecular complexity index is 1300. The van der Waals surface area contributed by atoms with Crippen LogP contribution in [0.2, 0.25) is 0 Å². The van der Waals surface area contributed by atoms with Gasteiger partial charge in [-0.05, 0) is 29.3 Å². The molecule has 0 aliphatic heterocycles. The number of nitrogens with one attached hydrogen (secondary N) is 2. The molecule has 174 valence electrons.